The van der Waals surface area contributed by atoms with Crippen LogP contribution in [-0.2, 0) is 6.54 Å². The molecule has 6 nitrogen and oxygen atoms in total. The standard InChI is InChI=1S/C21H28FN3O3/c1-4-23-21(24-13-15(3)28-18-9-7-17(22)8-10-18)25-14-16-6-11-19(26)20(12-16)27-5-2/h6-12,15,26H,4-5,13-14H2,1-3H3,(H2,23,24,25). The zero-order valence-corrected chi connectivity index (χ0v) is 16.5. The molecular weight excluding hydrogens is 361 g/mol. The molecule has 2 aromatic carbocycles. The highest BCUT2D eigenvalue weighted by atomic mass is 19.1. The fraction of sp³-hybridized carbons (Fsp3) is 0.381. The quantitative estimate of drug-likeness (QED) is 0.452. The van der Waals surface area contributed by atoms with E-state index in [4.69, 9.17) is 9.47 Å². The number of nitrogens with one attached hydrogen (secondary N) is 2. The topological polar surface area (TPSA) is 75.1 Å². The Morgan fingerprint density at radius 3 is 2.57 bits per heavy atom. The molecule has 3 N–H and O–H groups in total. The number of aliphatic imine (C=N–C) groups is 1. The third-order valence-corrected chi connectivity index (χ3v) is 3.80. The van der Waals surface area contributed by atoms with E-state index >= 15 is 0 Å². The van der Waals surface area contributed by atoms with Gasteiger partial charge in [0, 0.05) is 6.54 Å². The molecule has 0 saturated heterocycles. The van der Waals surface area contributed by atoms with Crippen molar-refractivity contribution >= 4 is 5.96 Å². The van der Waals surface area contributed by atoms with Gasteiger partial charge >= 0.3 is 0 Å². The third-order valence-electron chi connectivity index (χ3n) is 3.80. The first-order valence-electron chi connectivity index (χ1n) is 9.40. The number of aromatic hydroxyl groups is 1. The van der Waals surface area contributed by atoms with Crippen LogP contribution < -0.4 is 20.1 Å². The van der Waals surface area contributed by atoms with E-state index in [1.807, 2.05) is 26.8 Å². The van der Waals surface area contributed by atoms with Gasteiger partial charge in [-0.15, -0.1) is 0 Å². The molecule has 0 fully saturated rings. The molecule has 7 heteroatoms. The second kappa shape index (κ2) is 11.0. The van der Waals surface area contributed by atoms with Crippen LogP contribution in [0.2, 0.25) is 0 Å². The molecule has 0 radical (unpaired) electrons. The van der Waals surface area contributed by atoms with Gasteiger partial charge < -0.3 is 25.2 Å². The summed E-state index contributed by atoms with van der Waals surface area (Å²) in [6.07, 6.45) is -0.132. The van der Waals surface area contributed by atoms with Crippen LogP contribution in [-0.4, -0.2) is 36.9 Å². The van der Waals surface area contributed by atoms with Crippen LogP contribution in [0, 0.1) is 5.82 Å². The molecule has 0 aliphatic carbocycles. The molecule has 1 unspecified atom stereocenters. The van der Waals surface area contributed by atoms with Gasteiger partial charge in [0.05, 0.1) is 19.7 Å². The first-order chi connectivity index (χ1) is 13.5. The van der Waals surface area contributed by atoms with Crippen molar-refractivity contribution in [2.24, 2.45) is 4.99 Å². The van der Waals surface area contributed by atoms with E-state index < -0.39 is 0 Å². The normalized spacial score (nSPS) is 12.4. The number of rotatable bonds is 9. The summed E-state index contributed by atoms with van der Waals surface area (Å²) in [5, 5.41) is 16.2. The Hall–Kier alpha value is -2.96. The predicted octanol–water partition coefficient (Wildman–Crippen LogP) is 3.45. The van der Waals surface area contributed by atoms with Crippen LogP contribution in [0.15, 0.2) is 47.5 Å². The lowest BCUT2D eigenvalue weighted by molar-refractivity contribution is 0.223. The van der Waals surface area contributed by atoms with Crippen LogP contribution in [0.25, 0.3) is 0 Å². The molecule has 0 spiro atoms. The van der Waals surface area contributed by atoms with E-state index in [9.17, 15) is 9.50 Å². The van der Waals surface area contributed by atoms with Gasteiger partial charge in [-0.05, 0) is 62.7 Å². The summed E-state index contributed by atoms with van der Waals surface area (Å²) in [7, 11) is 0. The molecule has 2 rings (SSSR count). The van der Waals surface area contributed by atoms with E-state index in [0.29, 0.717) is 37.2 Å². The van der Waals surface area contributed by atoms with Crippen molar-refractivity contribution in [3.05, 3.63) is 53.8 Å². The molecule has 0 amide bonds. The molecule has 28 heavy (non-hydrogen) atoms. The van der Waals surface area contributed by atoms with Crippen LogP contribution in [0.5, 0.6) is 17.2 Å². The fourth-order valence-corrected chi connectivity index (χ4v) is 2.47. The lowest BCUT2D eigenvalue weighted by Crippen LogP contribution is -2.41. The summed E-state index contributed by atoms with van der Waals surface area (Å²) >= 11 is 0. The molecule has 0 heterocycles. The van der Waals surface area contributed by atoms with Gasteiger partial charge in [-0.2, -0.15) is 0 Å². The van der Waals surface area contributed by atoms with Crippen LogP contribution in [0.1, 0.15) is 26.3 Å². The zero-order chi connectivity index (χ0) is 20.4. The van der Waals surface area contributed by atoms with Crippen LogP contribution >= 0.6 is 0 Å². The first kappa shape index (κ1) is 21.3. The summed E-state index contributed by atoms with van der Waals surface area (Å²) in [5.41, 5.74) is 0.925. The maximum absolute atomic E-state index is 13.0. The molecule has 1 atom stereocenters. The molecule has 0 bridgehead atoms. The Bertz CT molecular complexity index is 766. The number of ether oxygens (including phenoxy) is 2. The maximum Gasteiger partial charge on any atom is 0.191 e. The van der Waals surface area contributed by atoms with Crippen LogP contribution in [0.4, 0.5) is 4.39 Å². The second-order valence-electron chi connectivity index (χ2n) is 6.19. The Morgan fingerprint density at radius 1 is 1.14 bits per heavy atom. The van der Waals surface area contributed by atoms with Gasteiger partial charge in [-0.1, -0.05) is 6.07 Å². The van der Waals surface area contributed by atoms with Crippen molar-refractivity contribution in [1.82, 2.24) is 10.6 Å². The number of nitrogens with zero attached hydrogens (tertiary/aromatic N) is 1. The van der Waals surface area contributed by atoms with Gasteiger partial charge in [-0.3, -0.25) is 0 Å². The molecule has 0 aliphatic heterocycles. The van der Waals surface area contributed by atoms with Crippen LogP contribution in [0.3, 0.4) is 0 Å². The smallest absolute Gasteiger partial charge is 0.191 e. The number of guanidine groups is 1. The van der Waals surface area contributed by atoms with E-state index in [1.54, 1.807) is 24.3 Å². The summed E-state index contributed by atoms with van der Waals surface area (Å²) in [4.78, 5) is 4.56. The minimum Gasteiger partial charge on any atom is -0.504 e. The number of halogens is 1. The average Bonchev–Trinajstić information content (AvgIpc) is 2.68. The summed E-state index contributed by atoms with van der Waals surface area (Å²) < 4.78 is 24.1. The van der Waals surface area contributed by atoms with Crippen molar-refractivity contribution in [3.8, 4) is 17.2 Å². The van der Waals surface area contributed by atoms with Crippen molar-refractivity contribution in [2.45, 2.75) is 33.4 Å². The third kappa shape index (κ3) is 6.98. The van der Waals surface area contributed by atoms with Gasteiger partial charge in [0.1, 0.15) is 17.7 Å². The van der Waals surface area contributed by atoms with E-state index in [2.05, 4.69) is 15.6 Å². The van der Waals surface area contributed by atoms with E-state index in [-0.39, 0.29) is 17.7 Å². The van der Waals surface area contributed by atoms with Crippen molar-refractivity contribution in [1.29, 1.82) is 0 Å². The Morgan fingerprint density at radius 2 is 1.89 bits per heavy atom. The highest BCUT2D eigenvalue weighted by Gasteiger charge is 2.07. The minimum atomic E-state index is -0.290. The SMILES string of the molecule is CCNC(=NCc1ccc(O)c(OCC)c1)NCC(C)Oc1ccc(F)cc1. The number of phenolic OH excluding ortho intramolecular Hbond substituents is 1. The Balaban J connectivity index is 1.92. The van der Waals surface area contributed by atoms with E-state index in [0.717, 1.165) is 12.1 Å². The second-order valence-corrected chi connectivity index (χ2v) is 6.19. The van der Waals surface area contributed by atoms with Crippen molar-refractivity contribution < 1.29 is 19.0 Å². The predicted molar refractivity (Wildman–Crippen MR) is 109 cm³/mol. The highest BCUT2D eigenvalue weighted by molar-refractivity contribution is 5.79. The molecule has 0 aromatic heterocycles. The van der Waals surface area contributed by atoms with Gasteiger partial charge in [0.2, 0.25) is 0 Å². The largest absolute Gasteiger partial charge is 0.504 e. The number of hydrogen-bond donors (Lipinski definition) is 3. The number of hydrogen-bond acceptors (Lipinski definition) is 4. The van der Waals surface area contributed by atoms with E-state index in [1.165, 1.54) is 12.1 Å². The van der Waals surface area contributed by atoms with Crippen molar-refractivity contribution in [2.75, 3.05) is 19.7 Å². The maximum atomic E-state index is 13.0. The molecule has 0 saturated carbocycles. The molecular formula is C21H28FN3O3. The fourth-order valence-electron chi connectivity index (χ4n) is 2.47. The molecule has 0 aliphatic rings. The zero-order valence-electron chi connectivity index (χ0n) is 16.5. The van der Waals surface area contributed by atoms with Gasteiger partial charge in [-0.25, -0.2) is 9.38 Å². The highest BCUT2D eigenvalue weighted by Crippen LogP contribution is 2.27. The Labute approximate surface area is 165 Å². The average molecular weight is 389 g/mol. The lowest BCUT2D eigenvalue weighted by atomic mass is 10.2. The Kier molecular flexibility index (Phi) is 8.39. The lowest BCUT2D eigenvalue weighted by Gasteiger charge is -2.17. The first-order valence-corrected chi connectivity index (χ1v) is 9.40. The summed E-state index contributed by atoms with van der Waals surface area (Å²) in [6, 6.07) is 11.1. The summed E-state index contributed by atoms with van der Waals surface area (Å²) in [5.74, 6) is 1.55. The monoisotopic (exact) mass is 389 g/mol. The molecule has 2 aromatic rings. The summed E-state index contributed by atoms with van der Waals surface area (Å²) in [6.45, 7) is 7.95. The number of benzene rings is 2. The van der Waals surface area contributed by atoms with Crippen molar-refractivity contribution in [3.63, 3.8) is 0 Å². The number of phenols is 1. The molecule has 152 valence electrons. The van der Waals surface area contributed by atoms with Gasteiger partial charge in [0.25, 0.3) is 0 Å². The minimum absolute atomic E-state index is 0.117. The van der Waals surface area contributed by atoms with Gasteiger partial charge in [0.15, 0.2) is 17.5 Å².